The van der Waals surface area contributed by atoms with Crippen molar-refractivity contribution in [3.63, 3.8) is 0 Å². The molecule has 6 nitrogen and oxygen atoms in total. The van der Waals surface area contributed by atoms with E-state index >= 15 is 0 Å². The summed E-state index contributed by atoms with van der Waals surface area (Å²) in [6.07, 6.45) is 0. The van der Waals surface area contributed by atoms with Crippen LogP contribution in [0.1, 0.15) is 11.3 Å². The van der Waals surface area contributed by atoms with Crippen molar-refractivity contribution < 1.29 is 14.2 Å². The Morgan fingerprint density at radius 3 is 2.95 bits per heavy atom. The molecular formula is C15H12N2O4S. The SMILES string of the molecule is Cc1ccc(OCc2cc(-c3cccs3)on2)c([N+](=O)[O-])c1. The molecule has 112 valence electrons. The number of hydrogen-bond donors (Lipinski definition) is 0. The van der Waals surface area contributed by atoms with E-state index in [2.05, 4.69) is 5.16 Å². The highest BCUT2D eigenvalue weighted by molar-refractivity contribution is 7.13. The van der Waals surface area contributed by atoms with E-state index in [-0.39, 0.29) is 18.0 Å². The molecule has 0 N–H and O–H groups in total. The second-order valence-corrected chi connectivity index (χ2v) is 5.62. The Morgan fingerprint density at radius 2 is 2.23 bits per heavy atom. The van der Waals surface area contributed by atoms with E-state index in [1.54, 1.807) is 36.5 Å². The van der Waals surface area contributed by atoms with Crippen LogP contribution in [0.25, 0.3) is 10.6 Å². The monoisotopic (exact) mass is 316 g/mol. The van der Waals surface area contributed by atoms with Gasteiger partial charge in [0.05, 0.1) is 9.80 Å². The van der Waals surface area contributed by atoms with E-state index in [0.29, 0.717) is 11.5 Å². The summed E-state index contributed by atoms with van der Waals surface area (Å²) in [7, 11) is 0. The molecule has 0 unspecified atom stereocenters. The van der Waals surface area contributed by atoms with Crippen molar-refractivity contribution in [1.29, 1.82) is 0 Å². The highest BCUT2D eigenvalue weighted by atomic mass is 32.1. The maximum Gasteiger partial charge on any atom is 0.311 e. The fourth-order valence-corrected chi connectivity index (χ4v) is 2.63. The first-order chi connectivity index (χ1) is 10.6. The average molecular weight is 316 g/mol. The summed E-state index contributed by atoms with van der Waals surface area (Å²) in [4.78, 5) is 11.6. The molecule has 0 amide bonds. The fourth-order valence-electron chi connectivity index (χ4n) is 1.96. The van der Waals surface area contributed by atoms with Gasteiger partial charge in [0, 0.05) is 12.1 Å². The van der Waals surface area contributed by atoms with Gasteiger partial charge in [-0.25, -0.2) is 0 Å². The molecule has 0 spiro atoms. The number of rotatable bonds is 5. The molecule has 0 atom stereocenters. The van der Waals surface area contributed by atoms with Crippen LogP contribution >= 0.6 is 11.3 Å². The first-order valence-electron chi connectivity index (χ1n) is 6.51. The summed E-state index contributed by atoms with van der Waals surface area (Å²) in [5, 5.41) is 16.9. The molecule has 3 rings (SSSR count). The lowest BCUT2D eigenvalue weighted by Crippen LogP contribution is -1.99. The number of aryl methyl sites for hydroxylation is 1. The molecule has 2 aromatic heterocycles. The third kappa shape index (κ3) is 2.99. The van der Waals surface area contributed by atoms with Gasteiger partial charge in [-0.15, -0.1) is 11.3 Å². The van der Waals surface area contributed by atoms with Gasteiger partial charge in [0.25, 0.3) is 0 Å². The second-order valence-electron chi connectivity index (χ2n) is 4.68. The first-order valence-corrected chi connectivity index (χ1v) is 7.39. The molecule has 0 bridgehead atoms. The highest BCUT2D eigenvalue weighted by Gasteiger charge is 2.16. The van der Waals surface area contributed by atoms with Crippen LogP contribution in [0, 0.1) is 17.0 Å². The van der Waals surface area contributed by atoms with Crippen molar-refractivity contribution in [2.75, 3.05) is 0 Å². The maximum absolute atomic E-state index is 11.0. The van der Waals surface area contributed by atoms with Crippen molar-refractivity contribution >= 4 is 17.0 Å². The minimum atomic E-state index is -0.456. The Morgan fingerprint density at radius 1 is 1.36 bits per heavy atom. The molecule has 0 fully saturated rings. The number of hydrogen-bond acceptors (Lipinski definition) is 6. The molecule has 0 aliphatic rings. The summed E-state index contributed by atoms with van der Waals surface area (Å²) in [6, 6.07) is 10.5. The van der Waals surface area contributed by atoms with Gasteiger partial charge in [0.1, 0.15) is 12.3 Å². The van der Waals surface area contributed by atoms with E-state index < -0.39 is 4.92 Å². The van der Waals surface area contributed by atoms with Crippen molar-refractivity contribution in [2.45, 2.75) is 13.5 Å². The molecule has 0 saturated heterocycles. The lowest BCUT2D eigenvalue weighted by atomic mass is 10.2. The maximum atomic E-state index is 11.0. The van der Waals surface area contributed by atoms with Crippen molar-refractivity contribution in [3.05, 3.63) is 63.1 Å². The Labute approximate surface area is 130 Å². The first kappa shape index (κ1) is 14.3. The smallest absolute Gasteiger partial charge is 0.311 e. The van der Waals surface area contributed by atoms with E-state index in [0.717, 1.165) is 10.4 Å². The lowest BCUT2D eigenvalue weighted by Gasteiger charge is -2.05. The Kier molecular flexibility index (Phi) is 3.88. The van der Waals surface area contributed by atoms with Crippen LogP contribution in [0.2, 0.25) is 0 Å². The number of nitro groups is 1. The number of benzene rings is 1. The van der Waals surface area contributed by atoms with E-state index in [1.165, 1.54) is 6.07 Å². The summed E-state index contributed by atoms with van der Waals surface area (Å²) in [6.45, 7) is 1.90. The molecule has 7 heteroatoms. The third-order valence-corrected chi connectivity index (χ3v) is 3.89. The largest absolute Gasteiger partial charge is 0.480 e. The zero-order valence-corrected chi connectivity index (χ0v) is 12.5. The molecule has 0 aliphatic carbocycles. The average Bonchev–Trinajstić information content (AvgIpc) is 3.16. The highest BCUT2D eigenvalue weighted by Crippen LogP contribution is 2.29. The zero-order chi connectivity index (χ0) is 15.5. The zero-order valence-electron chi connectivity index (χ0n) is 11.7. The standard InChI is InChI=1S/C15H12N2O4S/c1-10-4-5-13(12(7-10)17(18)19)20-9-11-8-14(21-16-11)15-3-2-6-22-15/h2-8H,9H2,1H3. The van der Waals surface area contributed by atoms with Crippen LogP contribution in [0.5, 0.6) is 5.75 Å². The minimum Gasteiger partial charge on any atom is -0.480 e. The number of ether oxygens (including phenoxy) is 1. The molecule has 2 heterocycles. The van der Waals surface area contributed by atoms with Crippen LogP contribution in [0.3, 0.4) is 0 Å². The summed E-state index contributed by atoms with van der Waals surface area (Å²) >= 11 is 1.55. The number of nitro benzene ring substituents is 1. The van der Waals surface area contributed by atoms with Crippen molar-refractivity contribution in [2.24, 2.45) is 0 Å². The predicted octanol–water partition coefficient (Wildman–Crippen LogP) is 4.20. The van der Waals surface area contributed by atoms with Crippen LogP contribution < -0.4 is 4.74 Å². The van der Waals surface area contributed by atoms with Gasteiger partial charge in [-0.05, 0) is 30.0 Å². The Balaban J connectivity index is 1.74. The summed E-state index contributed by atoms with van der Waals surface area (Å²) in [5.74, 6) is 0.878. The number of thiophene rings is 1. The lowest BCUT2D eigenvalue weighted by molar-refractivity contribution is -0.386. The Bertz CT molecular complexity index is 796. The van der Waals surface area contributed by atoms with E-state index in [9.17, 15) is 10.1 Å². The van der Waals surface area contributed by atoms with Gasteiger partial charge < -0.3 is 9.26 Å². The number of nitrogens with zero attached hydrogens (tertiary/aromatic N) is 2. The van der Waals surface area contributed by atoms with E-state index in [1.807, 2.05) is 17.5 Å². The van der Waals surface area contributed by atoms with Gasteiger partial charge >= 0.3 is 5.69 Å². The Hall–Kier alpha value is -2.67. The molecule has 1 aromatic carbocycles. The second kappa shape index (κ2) is 5.98. The van der Waals surface area contributed by atoms with Gasteiger partial charge in [-0.2, -0.15) is 0 Å². The molecule has 0 saturated carbocycles. The van der Waals surface area contributed by atoms with Crippen molar-refractivity contribution in [3.8, 4) is 16.4 Å². The molecule has 0 radical (unpaired) electrons. The normalized spacial score (nSPS) is 10.6. The van der Waals surface area contributed by atoms with Gasteiger partial charge in [0.2, 0.25) is 0 Å². The minimum absolute atomic E-state index is 0.0537. The summed E-state index contributed by atoms with van der Waals surface area (Å²) in [5.41, 5.74) is 1.33. The fraction of sp³-hybridized carbons (Fsp3) is 0.133. The molecule has 22 heavy (non-hydrogen) atoms. The van der Waals surface area contributed by atoms with Crippen LogP contribution in [-0.4, -0.2) is 10.1 Å². The molecular weight excluding hydrogens is 304 g/mol. The van der Waals surface area contributed by atoms with Crippen LogP contribution in [-0.2, 0) is 6.61 Å². The third-order valence-electron chi connectivity index (χ3n) is 3.01. The summed E-state index contributed by atoms with van der Waals surface area (Å²) < 4.78 is 10.8. The van der Waals surface area contributed by atoms with Crippen LogP contribution in [0.15, 0.2) is 46.3 Å². The van der Waals surface area contributed by atoms with Gasteiger partial charge in [-0.3, -0.25) is 10.1 Å². The predicted molar refractivity (Wildman–Crippen MR) is 82.0 cm³/mol. The van der Waals surface area contributed by atoms with Crippen LogP contribution in [0.4, 0.5) is 5.69 Å². The van der Waals surface area contributed by atoms with Gasteiger partial charge in [0.15, 0.2) is 11.5 Å². The molecule has 3 aromatic rings. The van der Waals surface area contributed by atoms with Crippen molar-refractivity contribution in [1.82, 2.24) is 5.16 Å². The quantitative estimate of drug-likeness (QED) is 0.520. The number of aromatic nitrogens is 1. The molecule has 0 aliphatic heterocycles. The topological polar surface area (TPSA) is 78.4 Å². The van der Waals surface area contributed by atoms with Gasteiger partial charge in [-0.1, -0.05) is 17.3 Å². The van der Waals surface area contributed by atoms with E-state index in [4.69, 9.17) is 9.26 Å².